The Morgan fingerprint density at radius 3 is 2.36 bits per heavy atom. The molecule has 4 unspecified atom stereocenters. The molecule has 7 heteroatoms. The summed E-state index contributed by atoms with van der Waals surface area (Å²) in [5.74, 6) is 0.250. The van der Waals surface area contributed by atoms with E-state index in [9.17, 15) is 19.5 Å². The Hall–Kier alpha value is -2.57. The Balaban J connectivity index is 1.40. The molecular formula is C29H44N2O5. The fourth-order valence-electron chi connectivity index (χ4n) is 5.55. The van der Waals surface area contributed by atoms with Crippen LogP contribution in [-0.4, -0.2) is 54.0 Å². The van der Waals surface area contributed by atoms with Gasteiger partial charge < -0.3 is 20.1 Å². The molecule has 2 aliphatic rings. The molecule has 0 spiro atoms. The predicted octanol–water partition coefficient (Wildman–Crippen LogP) is 4.68. The standard InChI is InChI=1S/C29H44N2O5/c1-3-4-5-8-21(2)28(33)30-15-16-36-26-13-11-22(12-14-26)17-25(29(34)35)18-27(32)31-19-23-9-6-7-10-24(23)20-31/h11-14,21,23-25H,3-10,15-20H2,1-2H3,(H,30,33)(H,34,35). The van der Waals surface area contributed by atoms with Crippen LogP contribution < -0.4 is 10.1 Å². The second kappa shape index (κ2) is 14.2. The number of aliphatic carboxylic acids is 1. The van der Waals surface area contributed by atoms with Gasteiger partial charge in [-0.1, -0.05) is 58.1 Å². The van der Waals surface area contributed by atoms with Crippen molar-refractivity contribution in [1.82, 2.24) is 10.2 Å². The summed E-state index contributed by atoms with van der Waals surface area (Å²) in [4.78, 5) is 38.8. The first-order chi connectivity index (χ1) is 17.4. The first kappa shape index (κ1) is 28.0. The van der Waals surface area contributed by atoms with Gasteiger partial charge in [-0.2, -0.15) is 0 Å². The number of carboxylic acid groups (broad SMARTS) is 1. The van der Waals surface area contributed by atoms with Crippen molar-refractivity contribution in [2.24, 2.45) is 23.7 Å². The lowest BCUT2D eigenvalue weighted by Gasteiger charge is -2.22. The molecule has 2 N–H and O–H groups in total. The van der Waals surface area contributed by atoms with Crippen LogP contribution in [0.4, 0.5) is 0 Å². The number of rotatable bonds is 14. The van der Waals surface area contributed by atoms with E-state index in [0.29, 0.717) is 37.2 Å². The number of nitrogens with zero attached hydrogens (tertiary/aromatic N) is 1. The minimum Gasteiger partial charge on any atom is -0.492 e. The molecule has 3 rings (SSSR count). The molecule has 4 atom stereocenters. The highest BCUT2D eigenvalue weighted by Gasteiger charge is 2.37. The van der Waals surface area contributed by atoms with Crippen molar-refractivity contribution in [3.05, 3.63) is 29.8 Å². The van der Waals surface area contributed by atoms with E-state index >= 15 is 0 Å². The lowest BCUT2D eigenvalue weighted by molar-refractivity contribution is -0.145. The first-order valence-corrected chi connectivity index (χ1v) is 13.9. The number of fused-ring (bicyclic) bond motifs is 1. The van der Waals surface area contributed by atoms with E-state index in [1.54, 1.807) is 0 Å². The highest BCUT2D eigenvalue weighted by molar-refractivity contribution is 5.82. The van der Waals surface area contributed by atoms with E-state index < -0.39 is 11.9 Å². The van der Waals surface area contributed by atoms with Crippen LogP contribution in [0.15, 0.2) is 24.3 Å². The maximum atomic E-state index is 12.9. The van der Waals surface area contributed by atoms with E-state index in [0.717, 1.165) is 44.3 Å². The third-order valence-corrected chi connectivity index (χ3v) is 7.86. The summed E-state index contributed by atoms with van der Waals surface area (Å²) in [5.41, 5.74) is 0.867. The van der Waals surface area contributed by atoms with Crippen molar-refractivity contribution in [3.63, 3.8) is 0 Å². The zero-order valence-electron chi connectivity index (χ0n) is 22.0. The second-order valence-corrected chi connectivity index (χ2v) is 10.7. The van der Waals surface area contributed by atoms with Crippen molar-refractivity contribution in [2.45, 2.75) is 78.1 Å². The van der Waals surface area contributed by atoms with Crippen molar-refractivity contribution >= 4 is 17.8 Å². The number of hydrogen-bond donors (Lipinski definition) is 2. The topological polar surface area (TPSA) is 95.9 Å². The van der Waals surface area contributed by atoms with Gasteiger partial charge in [0.1, 0.15) is 12.4 Å². The normalized spacial score (nSPS) is 20.9. The molecule has 2 amide bonds. The van der Waals surface area contributed by atoms with Crippen molar-refractivity contribution in [3.8, 4) is 5.75 Å². The first-order valence-electron chi connectivity index (χ1n) is 13.9. The molecule has 1 aromatic rings. The number of nitrogens with one attached hydrogen (secondary N) is 1. The molecule has 0 radical (unpaired) electrons. The summed E-state index contributed by atoms with van der Waals surface area (Å²) in [6, 6.07) is 7.34. The van der Waals surface area contributed by atoms with E-state index in [4.69, 9.17) is 4.74 Å². The van der Waals surface area contributed by atoms with E-state index in [-0.39, 0.29) is 24.2 Å². The van der Waals surface area contributed by atoms with Gasteiger partial charge in [-0.3, -0.25) is 14.4 Å². The predicted molar refractivity (Wildman–Crippen MR) is 140 cm³/mol. The number of carboxylic acids is 1. The van der Waals surface area contributed by atoms with Crippen LogP contribution in [0.3, 0.4) is 0 Å². The molecule has 1 saturated heterocycles. The van der Waals surface area contributed by atoms with Gasteiger partial charge in [0.2, 0.25) is 11.8 Å². The summed E-state index contributed by atoms with van der Waals surface area (Å²) >= 11 is 0. The second-order valence-electron chi connectivity index (χ2n) is 10.7. The van der Waals surface area contributed by atoms with E-state index in [1.807, 2.05) is 36.1 Å². The number of hydrogen-bond acceptors (Lipinski definition) is 4. The minimum absolute atomic E-state index is 0.0134. The highest BCUT2D eigenvalue weighted by Crippen LogP contribution is 2.36. The zero-order chi connectivity index (χ0) is 25.9. The van der Waals surface area contributed by atoms with Crippen molar-refractivity contribution in [2.75, 3.05) is 26.2 Å². The van der Waals surface area contributed by atoms with Crippen LogP contribution >= 0.6 is 0 Å². The summed E-state index contributed by atoms with van der Waals surface area (Å²) in [7, 11) is 0. The number of likely N-dealkylation sites (tertiary alicyclic amines) is 1. The molecule has 0 aromatic heterocycles. The Kier molecular flexibility index (Phi) is 11.1. The summed E-state index contributed by atoms with van der Waals surface area (Å²) in [5, 5.41) is 12.7. The van der Waals surface area contributed by atoms with Gasteiger partial charge in [0.05, 0.1) is 12.5 Å². The molecule has 1 heterocycles. The molecule has 200 valence electrons. The quantitative estimate of drug-likeness (QED) is 0.362. The average molecular weight is 501 g/mol. The van der Waals surface area contributed by atoms with E-state index in [1.165, 1.54) is 25.7 Å². The third kappa shape index (κ3) is 8.52. The number of ether oxygens (including phenoxy) is 1. The van der Waals surface area contributed by atoms with Crippen molar-refractivity contribution in [1.29, 1.82) is 0 Å². The zero-order valence-corrected chi connectivity index (χ0v) is 22.0. The number of benzene rings is 1. The smallest absolute Gasteiger partial charge is 0.307 e. The molecule has 0 bridgehead atoms. The molecule has 7 nitrogen and oxygen atoms in total. The molecule has 1 aliphatic carbocycles. The van der Waals surface area contributed by atoms with Crippen LogP contribution in [0.5, 0.6) is 5.75 Å². The molecule has 36 heavy (non-hydrogen) atoms. The van der Waals surface area contributed by atoms with Gasteiger partial charge in [0.25, 0.3) is 0 Å². The van der Waals surface area contributed by atoms with Gasteiger partial charge in [0, 0.05) is 25.4 Å². The maximum absolute atomic E-state index is 12.9. The van der Waals surface area contributed by atoms with Gasteiger partial charge in [-0.25, -0.2) is 0 Å². The van der Waals surface area contributed by atoms with Crippen LogP contribution in [0.2, 0.25) is 0 Å². The Bertz CT molecular complexity index is 842. The molecule has 1 saturated carbocycles. The molecular weight excluding hydrogens is 456 g/mol. The van der Waals surface area contributed by atoms with Crippen LogP contribution in [0.1, 0.15) is 77.2 Å². The number of carbonyl (C=O) groups is 3. The monoisotopic (exact) mass is 500 g/mol. The number of carbonyl (C=O) groups excluding carboxylic acids is 2. The lowest BCUT2D eigenvalue weighted by Crippen LogP contribution is -2.33. The minimum atomic E-state index is -0.931. The summed E-state index contributed by atoms with van der Waals surface area (Å²) in [6.45, 7) is 6.51. The van der Waals surface area contributed by atoms with Crippen LogP contribution in [0, 0.1) is 23.7 Å². The highest BCUT2D eigenvalue weighted by atomic mass is 16.5. The average Bonchev–Trinajstić information content (AvgIpc) is 3.31. The summed E-state index contributed by atoms with van der Waals surface area (Å²) in [6.07, 6.45) is 9.51. The van der Waals surface area contributed by atoms with Gasteiger partial charge in [0.15, 0.2) is 0 Å². The summed E-state index contributed by atoms with van der Waals surface area (Å²) < 4.78 is 5.73. The maximum Gasteiger partial charge on any atom is 0.307 e. The largest absolute Gasteiger partial charge is 0.492 e. The number of unbranched alkanes of at least 4 members (excludes halogenated alkanes) is 2. The Morgan fingerprint density at radius 2 is 1.75 bits per heavy atom. The van der Waals surface area contributed by atoms with E-state index in [2.05, 4.69) is 12.2 Å². The SMILES string of the molecule is CCCCCC(C)C(=O)NCCOc1ccc(CC(CC(=O)N2CC3CCCCC3C2)C(=O)O)cc1. The fourth-order valence-corrected chi connectivity index (χ4v) is 5.55. The van der Waals surface area contributed by atoms with Gasteiger partial charge in [-0.05, 0) is 55.2 Å². The Morgan fingerprint density at radius 1 is 1.08 bits per heavy atom. The van der Waals surface area contributed by atoms with Gasteiger partial charge in [-0.15, -0.1) is 0 Å². The Labute approximate surface area is 216 Å². The molecule has 1 aliphatic heterocycles. The van der Waals surface area contributed by atoms with Crippen molar-refractivity contribution < 1.29 is 24.2 Å². The van der Waals surface area contributed by atoms with Crippen LogP contribution in [0.25, 0.3) is 0 Å². The molecule has 2 fully saturated rings. The third-order valence-electron chi connectivity index (χ3n) is 7.86. The van der Waals surface area contributed by atoms with Crippen LogP contribution in [-0.2, 0) is 20.8 Å². The number of amides is 2. The lowest BCUT2D eigenvalue weighted by atomic mass is 9.82. The molecule has 1 aromatic carbocycles. The fraction of sp³-hybridized carbons (Fsp3) is 0.690. The van der Waals surface area contributed by atoms with Gasteiger partial charge >= 0.3 is 5.97 Å².